The second-order valence-corrected chi connectivity index (χ2v) is 9.61. The summed E-state index contributed by atoms with van der Waals surface area (Å²) in [6, 6.07) is 0. The first kappa shape index (κ1) is 20.9. The van der Waals surface area contributed by atoms with Crippen LogP contribution in [0.1, 0.15) is 67.2 Å². The molecule has 1 saturated heterocycles. The number of rotatable bonds is 7. The number of amides is 2. The zero-order valence-corrected chi connectivity index (χ0v) is 16.5. The van der Waals surface area contributed by atoms with E-state index in [1.807, 2.05) is 0 Å². The van der Waals surface area contributed by atoms with Crippen molar-refractivity contribution in [2.75, 3.05) is 26.2 Å². The van der Waals surface area contributed by atoms with Crippen molar-refractivity contribution >= 4 is 11.8 Å². The average Bonchev–Trinajstić information content (AvgIpc) is 2.85. The number of hydrogen-bond acceptors (Lipinski definition) is 3. The highest BCUT2D eigenvalue weighted by Crippen LogP contribution is 2.30. The SMILES string of the molecule is CC(C)(C)CCNC(=O)CC1(C(=O)NCCC(C)(C)C)CCNC1. The summed E-state index contributed by atoms with van der Waals surface area (Å²) in [5, 5.41) is 9.27. The summed E-state index contributed by atoms with van der Waals surface area (Å²) in [6.45, 7) is 15.7. The Kier molecular flexibility index (Phi) is 7.26. The van der Waals surface area contributed by atoms with Gasteiger partial charge in [0.05, 0.1) is 5.41 Å². The van der Waals surface area contributed by atoms with Crippen molar-refractivity contribution in [3.05, 3.63) is 0 Å². The van der Waals surface area contributed by atoms with E-state index in [2.05, 4.69) is 57.5 Å². The van der Waals surface area contributed by atoms with E-state index in [-0.39, 0.29) is 29.1 Å². The molecule has 3 N–H and O–H groups in total. The highest BCUT2D eigenvalue weighted by atomic mass is 16.2. The van der Waals surface area contributed by atoms with Crippen molar-refractivity contribution in [3.8, 4) is 0 Å². The van der Waals surface area contributed by atoms with Gasteiger partial charge in [-0.1, -0.05) is 41.5 Å². The maximum atomic E-state index is 12.7. The van der Waals surface area contributed by atoms with E-state index < -0.39 is 5.41 Å². The summed E-state index contributed by atoms with van der Waals surface area (Å²) >= 11 is 0. The molecule has 0 bridgehead atoms. The quantitative estimate of drug-likeness (QED) is 0.667. The summed E-state index contributed by atoms with van der Waals surface area (Å²) in [7, 11) is 0. The van der Waals surface area contributed by atoms with Crippen molar-refractivity contribution in [1.29, 1.82) is 0 Å². The van der Waals surface area contributed by atoms with Crippen LogP contribution in [0, 0.1) is 16.2 Å². The molecule has 1 fully saturated rings. The predicted molar refractivity (Wildman–Crippen MR) is 98.7 cm³/mol. The minimum Gasteiger partial charge on any atom is -0.356 e. The van der Waals surface area contributed by atoms with Crippen LogP contribution < -0.4 is 16.0 Å². The van der Waals surface area contributed by atoms with Crippen LogP contribution in [0.5, 0.6) is 0 Å². The Balaban J connectivity index is 2.52. The van der Waals surface area contributed by atoms with E-state index in [9.17, 15) is 9.59 Å². The van der Waals surface area contributed by atoms with Crippen LogP contribution in [-0.4, -0.2) is 38.0 Å². The third kappa shape index (κ3) is 7.65. The molecule has 0 radical (unpaired) electrons. The minimum absolute atomic E-state index is 0.0164. The van der Waals surface area contributed by atoms with Crippen LogP contribution in [0.3, 0.4) is 0 Å². The molecule has 0 spiro atoms. The molecule has 0 saturated carbocycles. The lowest BCUT2D eigenvalue weighted by molar-refractivity contribution is -0.135. The van der Waals surface area contributed by atoms with E-state index in [0.717, 1.165) is 25.8 Å². The Bertz CT molecular complexity index is 427. The second kappa shape index (κ2) is 8.32. The molecule has 0 aliphatic carbocycles. The van der Waals surface area contributed by atoms with E-state index >= 15 is 0 Å². The Labute approximate surface area is 147 Å². The molecule has 0 aromatic heterocycles. The smallest absolute Gasteiger partial charge is 0.228 e. The summed E-state index contributed by atoms with van der Waals surface area (Å²) in [6.07, 6.45) is 2.86. The standard InChI is InChI=1S/C19H37N3O2/c1-17(2,3)7-11-21-15(23)13-19(9-10-20-14-19)16(24)22-12-8-18(4,5)6/h20H,7-14H2,1-6H3,(H,21,23)(H,22,24). The fraction of sp³-hybridized carbons (Fsp3) is 0.895. The van der Waals surface area contributed by atoms with Gasteiger partial charge < -0.3 is 16.0 Å². The fourth-order valence-electron chi connectivity index (χ4n) is 2.85. The van der Waals surface area contributed by atoms with Crippen LogP contribution in [0.15, 0.2) is 0 Å². The lowest BCUT2D eigenvalue weighted by Crippen LogP contribution is -2.46. The Hall–Kier alpha value is -1.10. The molecule has 1 rings (SSSR count). The molecule has 5 heteroatoms. The minimum atomic E-state index is -0.594. The summed E-state index contributed by atoms with van der Waals surface area (Å²) in [4.78, 5) is 25.0. The first-order valence-electron chi connectivity index (χ1n) is 9.19. The molecule has 1 aliphatic heterocycles. The van der Waals surface area contributed by atoms with Crippen LogP contribution in [0.2, 0.25) is 0 Å². The third-order valence-corrected chi connectivity index (χ3v) is 4.58. The molecule has 0 aromatic carbocycles. The van der Waals surface area contributed by atoms with Gasteiger partial charge >= 0.3 is 0 Å². The van der Waals surface area contributed by atoms with E-state index in [1.54, 1.807) is 0 Å². The summed E-state index contributed by atoms with van der Waals surface area (Å²) in [5.41, 5.74) is -0.202. The first-order chi connectivity index (χ1) is 10.9. The lowest BCUT2D eigenvalue weighted by Gasteiger charge is -2.28. The van der Waals surface area contributed by atoms with Crippen LogP contribution in [0.25, 0.3) is 0 Å². The topological polar surface area (TPSA) is 70.2 Å². The number of carbonyl (C=O) groups is 2. The molecule has 1 unspecified atom stereocenters. The van der Waals surface area contributed by atoms with Crippen LogP contribution >= 0.6 is 0 Å². The largest absolute Gasteiger partial charge is 0.356 e. The molecule has 5 nitrogen and oxygen atoms in total. The predicted octanol–water partition coefficient (Wildman–Crippen LogP) is 2.46. The normalized spacial score (nSPS) is 21.6. The van der Waals surface area contributed by atoms with Crippen molar-refractivity contribution in [1.82, 2.24) is 16.0 Å². The number of carbonyl (C=O) groups excluding carboxylic acids is 2. The lowest BCUT2D eigenvalue weighted by atomic mass is 9.81. The Morgan fingerprint density at radius 2 is 1.50 bits per heavy atom. The van der Waals surface area contributed by atoms with Gasteiger partial charge in [-0.25, -0.2) is 0 Å². The van der Waals surface area contributed by atoms with Crippen molar-refractivity contribution < 1.29 is 9.59 Å². The number of hydrogen-bond donors (Lipinski definition) is 3. The molecular formula is C19H37N3O2. The Morgan fingerprint density at radius 3 is 1.96 bits per heavy atom. The molecule has 140 valence electrons. The first-order valence-corrected chi connectivity index (χ1v) is 9.19. The van der Waals surface area contributed by atoms with Gasteiger partial charge in [-0.2, -0.15) is 0 Å². The van der Waals surface area contributed by atoms with Crippen molar-refractivity contribution in [2.24, 2.45) is 16.2 Å². The van der Waals surface area contributed by atoms with Gasteiger partial charge in [0.1, 0.15) is 0 Å². The zero-order chi connectivity index (χ0) is 18.4. The van der Waals surface area contributed by atoms with E-state index in [1.165, 1.54) is 0 Å². The van der Waals surface area contributed by atoms with Gasteiger partial charge in [-0.3, -0.25) is 9.59 Å². The second-order valence-electron chi connectivity index (χ2n) is 9.61. The van der Waals surface area contributed by atoms with Gasteiger partial charge in [0.2, 0.25) is 11.8 Å². The highest BCUT2D eigenvalue weighted by Gasteiger charge is 2.42. The molecular weight excluding hydrogens is 302 g/mol. The average molecular weight is 340 g/mol. The molecule has 1 atom stereocenters. The van der Waals surface area contributed by atoms with Crippen LogP contribution in [-0.2, 0) is 9.59 Å². The van der Waals surface area contributed by atoms with Gasteiger partial charge in [0, 0.05) is 26.1 Å². The Morgan fingerprint density at radius 1 is 0.958 bits per heavy atom. The number of nitrogens with one attached hydrogen (secondary N) is 3. The molecule has 1 aliphatic rings. The van der Waals surface area contributed by atoms with Gasteiger partial charge in [0.15, 0.2) is 0 Å². The van der Waals surface area contributed by atoms with Gasteiger partial charge in [-0.15, -0.1) is 0 Å². The molecule has 0 aromatic rings. The third-order valence-electron chi connectivity index (χ3n) is 4.58. The van der Waals surface area contributed by atoms with Crippen LogP contribution in [0.4, 0.5) is 0 Å². The van der Waals surface area contributed by atoms with Crippen molar-refractivity contribution in [2.45, 2.75) is 67.2 Å². The van der Waals surface area contributed by atoms with Gasteiger partial charge in [-0.05, 0) is 36.6 Å². The zero-order valence-electron chi connectivity index (χ0n) is 16.5. The maximum absolute atomic E-state index is 12.7. The summed E-state index contributed by atoms with van der Waals surface area (Å²) < 4.78 is 0. The monoisotopic (exact) mass is 339 g/mol. The fourth-order valence-corrected chi connectivity index (χ4v) is 2.85. The molecule has 24 heavy (non-hydrogen) atoms. The van der Waals surface area contributed by atoms with E-state index in [4.69, 9.17) is 0 Å². The molecule has 2 amide bonds. The van der Waals surface area contributed by atoms with Crippen molar-refractivity contribution in [3.63, 3.8) is 0 Å². The maximum Gasteiger partial charge on any atom is 0.228 e. The van der Waals surface area contributed by atoms with Gasteiger partial charge in [0.25, 0.3) is 0 Å². The highest BCUT2D eigenvalue weighted by molar-refractivity contribution is 5.89. The van der Waals surface area contributed by atoms with E-state index in [0.29, 0.717) is 19.6 Å². The summed E-state index contributed by atoms with van der Waals surface area (Å²) in [5.74, 6) is -0.00311. The molecule has 1 heterocycles.